The number of hydrogen-bond acceptors (Lipinski definition) is 3. The van der Waals surface area contributed by atoms with Crippen molar-refractivity contribution in [2.75, 3.05) is 11.1 Å². The van der Waals surface area contributed by atoms with Crippen LogP contribution in [-0.4, -0.2) is 5.91 Å². The Balaban J connectivity index is 2.38. The summed E-state index contributed by atoms with van der Waals surface area (Å²) in [5.41, 5.74) is 15.9. The second-order valence-electron chi connectivity index (χ2n) is 4.57. The van der Waals surface area contributed by atoms with E-state index >= 15 is 0 Å². The van der Waals surface area contributed by atoms with Gasteiger partial charge in [0.2, 0.25) is 0 Å². The van der Waals surface area contributed by atoms with Crippen molar-refractivity contribution in [3.05, 3.63) is 53.1 Å². The van der Waals surface area contributed by atoms with Crippen LogP contribution >= 0.6 is 0 Å². The standard InChI is InChI=1S/C15H17N3O/c1-9-6-7-12(10(2)8-9)18-13-5-3-4-11(14(13)16)15(17)19/h3-8,18H,16H2,1-2H3,(H2,17,19). The van der Waals surface area contributed by atoms with Crippen LogP contribution in [0.5, 0.6) is 0 Å². The van der Waals surface area contributed by atoms with Crippen molar-refractivity contribution in [1.29, 1.82) is 0 Å². The van der Waals surface area contributed by atoms with E-state index in [0.29, 0.717) is 16.9 Å². The van der Waals surface area contributed by atoms with Crippen molar-refractivity contribution in [2.24, 2.45) is 5.73 Å². The molecule has 0 aliphatic heterocycles. The summed E-state index contributed by atoms with van der Waals surface area (Å²) in [6, 6.07) is 11.3. The van der Waals surface area contributed by atoms with Crippen LogP contribution in [0.2, 0.25) is 0 Å². The van der Waals surface area contributed by atoms with Crippen LogP contribution < -0.4 is 16.8 Å². The van der Waals surface area contributed by atoms with Gasteiger partial charge in [0.25, 0.3) is 5.91 Å². The number of carbonyl (C=O) groups excluding carboxylic acids is 1. The van der Waals surface area contributed by atoms with Gasteiger partial charge in [-0.15, -0.1) is 0 Å². The van der Waals surface area contributed by atoms with Crippen LogP contribution in [0.3, 0.4) is 0 Å². The number of primary amides is 1. The first-order valence-corrected chi connectivity index (χ1v) is 6.01. The molecule has 98 valence electrons. The predicted octanol–water partition coefficient (Wildman–Crippen LogP) is 2.73. The lowest BCUT2D eigenvalue weighted by Gasteiger charge is -2.13. The fraction of sp³-hybridized carbons (Fsp3) is 0.133. The number of nitrogens with one attached hydrogen (secondary N) is 1. The number of anilines is 3. The number of hydrogen-bond donors (Lipinski definition) is 3. The first-order chi connectivity index (χ1) is 8.99. The van der Waals surface area contributed by atoms with Gasteiger partial charge in [0.05, 0.1) is 16.9 Å². The normalized spacial score (nSPS) is 10.2. The highest BCUT2D eigenvalue weighted by Gasteiger charge is 2.10. The quantitative estimate of drug-likeness (QED) is 0.737. The zero-order chi connectivity index (χ0) is 14.0. The lowest BCUT2D eigenvalue weighted by atomic mass is 10.1. The van der Waals surface area contributed by atoms with Crippen LogP contribution in [0.1, 0.15) is 21.5 Å². The Morgan fingerprint density at radius 2 is 1.84 bits per heavy atom. The lowest BCUT2D eigenvalue weighted by molar-refractivity contribution is 0.100. The van der Waals surface area contributed by atoms with Crippen molar-refractivity contribution in [2.45, 2.75) is 13.8 Å². The van der Waals surface area contributed by atoms with Gasteiger partial charge >= 0.3 is 0 Å². The van der Waals surface area contributed by atoms with Crippen molar-refractivity contribution in [3.63, 3.8) is 0 Å². The average Bonchev–Trinajstić information content (AvgIpc) is 2.34. The van der Waals surface area contributed by atoms with Crippen molar-refractivity contribution in [1.82, 2.24) is 0 Å². The minimum atomic E-state index is -0.526. The molecule has 0 atom stereocenters. The topological polar surface area (TPSA) is 81.1 Å². The molecular weight excluding hydrogens is 238 g/mol. The van der Waals surface area contributed by atoms with E-state index in [9.17, 15) is 4.79 Å². The molecule has 0 saturated heterocycles. The van der Waals surface area contributed by atoms with Crippen LogP contribution in [0.25, 0.3) is 0 Å². The maximum absolute atomic E-state index is 11.3. The number of carbonyl (C=O) groups is 1. The van der Waals surface area contributed by atoms with E-state index in [0.717, 1.165) is 11.3 Å². The van der Waals surface area contributed by atoms with E-state index in [1.54, 1.807) is 12.1 Å². The molecule has 1 amide bonds. The predicted molar refractivity (Wildman–Crippen MR) is 78.6 cm³/mol. The van der Waals surface area contributed by atoms with Gasteiger partial charge in [0, 0.05) is 5.69 Å². The number of nitrogens with two attached hydrogens (primary N) is 2. The maximum atomic E-state index is 11.3. The molecule has 2 rings (SSSR count). The zero-order valence-corrected chi connectivity index (χ0v) is 11.0. The smallest absolute Gasteiger partial charge is 0.250 e. The number of rotatable bonds is 3. The molecular formula is C15H17N3O. The minimum Gasteiger partial charge on any atom is -0.396 e. The number of aryl methyl sites for hydroxylation is 2. The Labute approximate surface area is 112 Å². The van der Waals surface area contributed by atoms with Gasteiger partial charge in [-0.25, -0.2) is 0 Å². The SMILES string of the molecule is Cc1ccc(Nc2cccc(C(N)=O)c2N)c(C)c1. The molecule has 0 unspecified atom stereocenters. The van der Waals surface area contributed by atoms with Crippen LogP contribution in [-0.2, 0) is 0 Å². The molecule has 0 bridgehead atoms. The highest BCUT2D eigenvalue weighted by atomic mass is 16.1. The summed E-state index contributed by atoms with van der Waals surface area (Å²) in [5.74, 6) is -0.526. The van der Waals surface area contributed by atoms with E-state index < -0.39 is 5.91 Å². The molecule has 2 aromatic rings. The Kier molecular flexibility index (Phi) is 3.42. The third-order valence-corrected chi connectivity index (χ3v) is 3.02. The number of benzene rings is 2. The molecule has 0 aromatic heterocycles. The van der Waals surface area contributed by atoms with Gasteiger partial charge in [-0.05, 0) is 37.6 Å². The maximum Gasteiger partial charge on any atom is 0.250 e. The molecule has 0 radical (unpaired) electrons. The summed E-state index contributed by atoms with van der Waals surface area (Å²) >= 11 is 0. The number of amides is 1. The molecule has 0 fully saturated rings. The second-order valence-corrected chi connectivity index (χ2v) is 4.57. The van der Waals surface area contributed by atoms with Crippen molar-refractivity contribution >= 4 is 23.0 Å². The molecule has 5 N–H and O–H groups in total. The third kappa shape index (κ3) is 2.68. The fourth-order valence-electron chi connectivity index (χ4n) is 1.99. The van der Waals surface area contributed by atoms with Gasteiger partial charge < -0.3 is 16.8 Å². The molecule has 4 nitrogen and oxygen atoms in total. The van der Waals surface area contributed by atoms with E-state index in [1.807, 2.05) is 32.0 Å². The van der Waals surface area contributed by atoms with Crippen LogP contribution in [0.4, 0.5) is 17.1 Å². The Hall–Kier alpha value is -2.49. The summed E-state index contributed by atoms with van der Waals surface area (Å²) in [4.78, 5) is 11.3. The molecule has 2 aromatic carbocycles. The fourth-order valence-corrected chi connectivity index (χ4v) is 1.99. The summed E-state index contributed by atoms with van der Waals surface area (Å²) in [5, 5.41) is 3.23. The molecule has 0 saturated carbocycles. The van der Waals surface area contributed by atoms with Gasteiger partial charge in [-0.2, -0.15) is 0 Å². The lowest BCUT2D eigenvalue weighted by Crippen LogP contribution is -2.14. The summed E-state index contributed by atoms with van der Waals surface area (Å²) in [6.45, 7) is 4.06. The van der Waals surface area contributed by atoms with E-state index in [2.05, 4.69) is 11.4 Å². The van der Waals surface area contributed by atoms with Crippen LogP contribution in [0.15, 0.2) is 36.4 Å². The van der Waals surface area contributed by atoms with Gasteiger partial charge in [0.1, 0.15) is 0 Å². The zero-order valence-electron chi connectivity index (χ0n) is 11.0. The van der Waals surface area contributed by atoms with Crippen molar-refractivity contribution < 1.29 is 4.79 Å². The van der Waals surface area contributed by atoms with Gasteiger partial charge in [-0.3, -0.25) is 4.79 Å². The molecule has 4 heteroatoms. The molecule has 0 aliphatic rings. The molecule has 19 heavy (non-hydrogen) atoms. The first-order valence-electron chi connectivity index (χ1n) is 6.01. The van der Waals surface area contributed by atoms with Gasteiger partial charge in [0.15, 0.2) is 0 Å². The molecule has 0 aliphatic carbocycles. The Morgan fingerprint density at radius 3 is 2.47 bits per heavy atom. The van der Waals surface area contributed by atoms with Gasteiger partial charge in [-0.1, -0.05) is 23.8 Å². The Bertz CT molecular complexity index is 635. The first kappa shape index (κ1) is 13.0. The molecule has 0 spiro atoms. The highest BCUT2D eigenvalue weighted by Crippen LogP contribution is 2.28. The number of para-hydroxylation sites is 1. The largest absolute Gasteiger partial charge is 0.396 e. The van der Waals surface area contributed by atoms with E-state index in [1.165, 1.54) is 5.56 Å². The summed E-state index contributed by atoms with van der Waals surface area (Å²) in [7, 11) is 0. The number of nitrogen functional groups attached to an aromatic ring is 1. The Morgan fingerprint density at radius 1 is 1.11 bits per heavy atom. The highest BCUT2D eigenvalue weighted by molar-refractivity contribution is 6.01. The molecule has 0 heterocycles. The summed E-state index contributed by atoms with van der Waals surface area (Å²) in [6.07, 6.45) is 0. The van der Waals surface area contributed by atoms with E-state index in [4.69, 9.17) is 11.5 Å². The van der Waals surface area contributed by atoms with Crippen molar-refractivity contribution in [3.8, 4) is 0 Å². The third-order valence-electron chi connectivity index (χ3n) is 3.02. The monoisotopic (exact) mass is 255 g/mol. The average molecular weight is 255 g/mol. The second kappa shape index (κ2) is 5.02. The minimum absolute atomic E-state index is 0.328. The summed E-state index contributed by atoms with van der Waals surface area (Å²) < 4.78 is 0. The van der Waals surface area contributed by atoms with E-state index in [-0.39, 0.29) is 0 Å². The van der Waals surface area contributed by atoms with Crippen LogP contribution in [0, 0.1) is 13.8 Å².